The predicted molar refractivity (Wildman–Crippen MR) is 163 cm³/mol. The van der Waals surface area contributed by atoms with Crippen molar-refractivity contribution in [3.63, 3.8) is 0 Å². The molecular weight excluding hydrogens is 514 g/mol. The molecule has 1 N–H and O–H groups in total. The average Bonchev–Trinajstić information content (AvgIpc) is 3.45. The van der Waals surface area contributed by atoms with Crippen LogP contribution in [0.5, 0.6) is 11.5 Å². The largest absolute Gasteiger partial charge is 0.457 e. The molecule has 0 aliphatic carbocycles. The maximum Gasteiger partial charge on any atom is 0.174 e. The lowest BCUT2D eigenvalue weighted by molar-refractivity contribution is 0.482. The van der Waals surface area contributed by atoms with Gasteiger partial charge < -0.3 is 19.5 Å². The number of ether oxygens (including phenoxy) is 1. The molecule has 0 spiro atoms. The Hall–Kier alpha value is -4.49. The number of aromatic nitrogens is 3. The van der Waals surface area contributed by atoms with Crippen LogP contribution in [0.4, 0.5) is 5.69 Å². The van der Waals surface area contributed by atoms with E-state index < -0.39 is 0 Å². The first-order valence-corrected chi connectivity index (χ1v) is 13.8. The molecule has 200 valence electrons. The van der Waals surface area contributed by atoms with Gasteiger partial charge >= 0.3 is 0 Å². The lowest BCUT2D eigenvalue weighted by Crippen LogP contribution is -2.29. The lowest BCUT2D eigenvalue weighted by atomic mass is 9.96. The summed E-state index contributed by atoms with van der Waals surface area (Å²) < 4.78 is 8.31. The number of anilines is 1. The molecule has 5 aromatic rings. The van der Waals surface area contributed by atoms with E-state index in [2.05, 4.69) is 77.8 Å². The minimum atomic E-state index is -0.128. The first-order valence-electron chi connectivity index (χ1n) is 13.4. The number of rotatable bonds is 6. The van der Waals surface area contributed by atoms with Crippen molar-refractivity contribution in [1.82, 2.24) is 19.9 Å². The summed E-state index contributed by atoms with van der Waals surface area (Å²) in [6.45, 7) is 8.43. The van der Waals surface area contributed by atoms with E-state index in [1.807, 2.05) is 67.0 Å². The maximum atomic E-state index is 6.09. The highest BCUT2D eigenvalue weighted by molar-refractivity contribution is 7.80. The van der Waals surface area contributed by atoms with Gasteiger partial charge in [-0.05, 0) is 118 Å². The molecule has 6 rings (SSSR count). The van der Waals surface area contributed by atoms with Crippen molar-refractivity contribution in [3.8, 4) is 17.3 Å². The van der Waals surface area contributed by atoms with Gasteiger partial charge in [0.15, 0.2) is 5.11 Å². The van der Waals surface area contributed by atoms with Crippen molar-refractivity contribution >= 4 is 23.0 Å². The summed E-state index contributed by atoms with van der Waals surface area (Å²) in [5.74, 6) is 2.49. The van der Waals surface area contributed by atoms with Crippen LogP contribution in [0.3, 0.4) is 0 Å². The summed E-state index contributed by atoms with van der Waals surface area (Å²) >= 11 is 5.96. The Kier molecular flexibility index (Phi) is 6.82. The summed E-state index contributed by atoms with van der Waals surface area (Å²) in [4.78, 5) is 11.6. The van der Waals surface area contributed by atoms with Gasteiger partial charge in [-0.15, -0.1) is 0 Å². The minimum Gasteiger partial charge on any atom is -0.457 e. The van der Waals surface area contributed by atoms with Gasteiger partial charge in [-0.2, -0.15) is 0 Å². The molecule has 2 atom stereocenters. The molecule has 0 saturated carbocycles. The van der Waals surface area contributed by atoms with Crippen LogP contribution in [0.25, 0.3) is 5.82 Å². The van der Waals surface area contributed by atoms with Crippen LogP contribution >= 0.6 is 12.2 Å². The van der Waals surface area contributed by atoms with E-state index in [0.717, 1.165) is 40.1 Å². The monoisotopic (exact) mass is 545 g/mol. The molecular formula is C33H31N5OS. The van der Waals surface area contributed by atoms with Crippen molar-refractivity contribution < 1.29 is 4.74 Å². The Morgan fingerprint density at radius 3 is 2.17 bits per heavy atom. The highest BCUT2D eigenvalue weighted by Crippen LogP contribution is 2.44. The van der Waals surface area contributed by atoms with E-state index in [0.29, 0.717) is 5.11 Å². The highest BCUT2D eigenvalue weighted by Gasteiger charge is 2.42. The first kappa shape index (κ1) is 25.8. The van der Waals surface area contributed by atoms with Crippen molar-refractivity contribution in [1.29, 1.82) is 0 Å². The fourth-order valence-electron chi connectivity index (χ4n) is 5.45. The minimum absolute atomic E-state index is 0.115. The van der Waals surface area contributed by atoms with Gasteiger partial charge in [-0.1, -0.05) is 23.8 Å². The quantitative estimate of drug-likeness (QED) is 0.223. The summed E-state index contributed by atoms with van der Waals surface area (Å²) in [5.41, 5.74) is 7.70. The number of benzene rings is 2. The molecule has 1 saturated heterocycles. The Morgan fingerprint density at radius 2 is 1.50 bits per heavy atom. The predicted octanol–water partition coefficient (Wildman–Crippen LogP) is 7.47. The number of hydrogen-bond acceptors (Lipinski definition) is 4. The van der Waals surface area contributed by atoms with Gasteiger partial charge in [-0.3, -0.25) is 4.98 Å². The van der Waals surface area contributed by atoms with Gasteiger partial charge in [-0.25, -0.2) is 4.98 Å². The van der Waals surface area contributed by atoms with Crippen LogP contribution < -0.4 is 15.0 Å². The maximum absolute atomic E-state index is 6.09. The molecule has 1 fully saturated rings. The Morgan fingerprint density at radius 1 is 0.775 bits per heavy atom. The van der Waals surface area contributed by atoms with E-state index in [1.165, 1.54) is 16.7 Å². The van der Waals surface area contributed by atoms with Crippen molar-refractivity contribution in [2.24, 2.45) is 0 Å². The normalized spacial score (nSPS) is 16.7. The second-order valence-electron chi connectivity index (χ2n) is 10.3. The van der Waals surface area contributed by atoms with Gasteiger partial charge in [0.25, 0.3) is 0 Å². The molecule has 0 radical (unpaired) electrons. The van der Waals surface area contributed by atoms with Gasteiger partial charge in [0.05, 0.1) is 17.8 Å². The second-order valence-corrected chi connectivity index (χ2v) is 10.6. The Bertz CT molecular complexity index is 1660. The molecule has 40 heavy (non-hydrogen) atoms. The molecule has 7 heteroatoms. The van der Waals surface area contributed by atoms with Gasteiger partial charge in [0.2, 0.25) is 0 Å². The van der Waals surface area contributed by atoms with Crippen molar-refractivity contribution in [2.75, 3.05) is 4.90 Å². The van der Waals surface area contributed by atoms with Crippen LogP contribution in [0.15, 0.2) is 97.3 Å². The summed E-state index contributed by atoms with van der Waals surface area (Å²) in [6.07, 6.45) is 3.69. The van der Waals surface area contributed by atoms with E-state index in [4.69, 9.17) is 21.9 Å². The average molecular weight is 546 g/mol. The van der Waals surface area contributed by atoms with Crippen LogP contribution in [-0.4, -0.2) is 19.6 Å². The fourth-order valence-corrected chi connectivity index (χ4v) is 5.79. The van der Waals surface area contributed by atoms with Gasteiger partial charge in [0.1, 0.15) is 17.3 Å². The molecule has 6 nitrogen and oxygen atoms in total. The lowest BCUT2D eigenvalue weighted by Gasteiger charge is -2.28. The number of hydrogen-bond donors (Lipinski definition) is 1. The van der Waals surface area contributed by atoms with Crippen LogP contribution in [0, 0.1) is 27.7 Å². The standard InChI is InChI=1S/C33H31N5OS/c1-21-8-12-26(13-9-21)39-27-14-10-25(11-15-27)38-32(31(36-33(38)40)29-7-5-6-17-34-29)28-20-23(3)37(24(28)4)30-19-22(2)16-18-35-30/h5-20,31-32H,1-4H3,(H,36,40)/t31-,32+/m1/s1. The SMILES string of the molecule is Cc1ccc(Oc2ccc(N3C(=S)N[C@H](c4ccccn4)[C@@H]3c3cc(C)n(-c4cc(C)ccn4)c3C)cc2)cc1. The van der Waals surface area contributed by atoms with Crippen molar-refractivity contribution in [3.05, 3.63) is 131 Å². The Balaban J connectivity index is 1.41. The molecule has 3 aromatic heterocycles. The zero-order chi connectivity index (χ0) is 27.8. The third-order valence-corrected chi connectivity index (χ3v) is 7.70. The summed E-state index contributed by atoms with van der Waals surface area (Å²) in [5, 5.41) is 4.23. The van der Waals surface area contributed by atoms with Crippen molar-refractivity contribution in [2.45, 2.75) is 39.8 Å². The molecule has 1 aliphatic rings. The van der Waals surface area contributed by atoms with Crippen LogP contribution in [0.2, 0.25) is 0 Å². The third-order valence-electron chi connectivity index (χ3n) is 7.39. The zero-order valence-electron chi connectivity index (χ0n) is 23.0. The van der Waals surface area contributed by atoms with E-state index in [-0.39, 0.29) is 12.1 Å². The van der Waals surface area contributed by atoms with E-state index in [9.17, 15) is 0 Å². The fraction of sp³-hybridized carbons (Fsp3) is 0.182. The number of pyridine rings is 2. The molecule has 0 unspecified atom stereocenters. The molecule has 1 aliphatic heterocycles. The van der Waals surface area contributed by atoms with Crippen LogP contribution in [-0.2, 0) is 0 Å². The number of nitrogens with zero attached hydrogens (tertiary/aromatic N) is 4. The van der Waals surface area contributed by atoms with E-state index in [1.54, 1.807) is 0 Å². The molecule has 4 heterocycles. The Labute approximate surface area is 240 Å². The molecule has 0 amide bonds. The number of thiocarbonyl (C=S) groups is 1. The second kappa shape index (κ2) is 10.6. The topological polar surface area (TPSA) is 55.2 Å². The number of nitrogens with one attached hydrogen (secondary N) is 1. The van der Waals surface area contributed by atoms with Crippen LogP contribution in [0.1, 0.15) is 45.9 Å². The zero-order valence-corrected chi connectivity index (χ0v) is 23.8. The molecule has 2 aromatic carbocycles. The highest BCUT2D eigenvalue weighted by atomic mass is 32.1. The van der Waals surface area contributed by atoms with E-state index >= 15 is 0 Å². The van der Waals surface area contributed by atoms with Gasteiger partial charge in [0, 0.05) is 29.5 Å². The summed E-state index contributed by atoms with van der Waals surface area (Å²) in [7, 11) is 0. The smallest absolute Gasteiger partial charge is 0.174 e. The summed E-state index contributed by atoms with van der Waals surface area (Å²) in [6, 6.07) is 28.3. The first-order chi connectivity index (χ1) is 19.4. The molecule has 0 bridgehead atoms. The number of aryl methyl sites for hydroxylation is 3. The third kappa shape index (κ3) is 4.84.